The molecule has 14 heavy (non-hydrogen) atoms. The molecule has 0 radical (unpaired) electrons. The smallest absolute Gasteiger partial charge is 0.0798 e. The highest BCUT2D eigenvalue weighted by Gasteiger charge is 2.09. The summed E-state index contributed by atoms with van der Waals surface area (Å²) in [7, 11) is 0. The summed E-state index contributed by atoms with van der Waals surface area (Å²) >= 11 is 1.75. The van der Waals surface area contributed by atoms with E-state index in [0.717, 1.165) is 6.54 Å². The molecule has 0 aliphatic carbocycles. The Morgan fingerprint density at radius 1 is 1.50 bits per heavy atom. The van der Waals surface area contributed by atoms with E-state index in [9.17, 15) is 0 Å². The number of aryl methyl sites for hydroxylation is 1. The van der Waals surface area contributed by atoms with Crippen molar-refractivity contribution >= 4 is 11.3 Å². The van der Waals surface area contributed by atoms with Gasteiger partial charge in [-0.3, -0.25) is 0 Å². The molecular formula is C11H20N2S. The standard InChI is InChI=1S/C11H20N2S/c1-4-5-6-7-12-9(2)11-10(3)13-8-14-11/h8-9,12H,4-7H2,1-3H3. The maximum absolute atomic E-state index is 4.26. The molecular weight excluding hydrogens is 192 g/mol. The normalized spacial score (nSPS) is 13.1. The fourth-order valence-corrected chi connectivity index (χ4v) is 2.35. The van der Waals surface area contributed by atoms with E-state index in [1.807, 2.05) is 5.51 Å². The molecule has 1 unspecified atom stereocenters. The van der Waals surface area contributed by atoms with Crippen molar-refractivity contribution in [3.05, 3.63) is 16.1 Å². The zero-order valence-electron chi connectivity index (χ0n) is 9.34. The van der Waals surface area contributed by atoms with Crippen LogP contribution in [0.1, 0.15) is 49.7 Å². The molecule has 0 aliphatic rings. The topological polar surface area (TPSA) is 24.9 Å². The van der Waals surface area contributed by atoms with Crippen molar-refractivity contribution in [1.82, 2.24) is 10.3 Å². The van der Waals surface area contributed by atoms with Crippen LogP contribution in [0.15, 0.2) is 5.51 Å². The number of hydrogen-bond acceptors (Lipinski definition) is 3. The first-order valence-electron chi connectivity index (χ1n) is 5.39. The van der Waals surface area contributed by atoms with Crippen molar-refractivity contribution in [2.24, 2.45) is 0 Å². The van der Waals surface area contributed by atoms with Gasteiger partial charge in [-0.15, -0.1) is 11.3 Å². The average molecular weight is 212 g/mol. The Bertz CT molecular complexity index is 258. The van der Waals surface area contributed by atoms with E-state index in [1.54, 1.807) is 11.3 Å². The molecule has 0 saturated heterocycles. The third kappa shape index (κ3) is 3.39. The van der Waals surface area contributed by atoms with Crippen LogP contribution in [0.2, 0.25) is 0 Å². The molecule has 3 heteroatoms. The number of rotatable bonds is 6. The summed E-state index contributed by atoms with van der Waals surface area (Å²) < 4.78 is 0. The molecule has 1 aromatic heterocycles. The van der Waals surface area contributed by atoms with Crippen LogP contribution in [0.4, 0.5) is 0 Å². The van der Waals surface area contributed by atoms with Crippen molar-refractivity contribution in [2.45, 2.75) is 46.1 Å². The van der Waals surface area contributed by atoms with Crippen LogP contribution in [0.3, 0.4) is 0 Å². The van der Waals surface area contributed by atoms with Crippen molar-refractivity contribution in [1.29, 1.82) is 0 Å². The number of thiazole rings is 1. The number of aromatic nitrogens is 1. The van der Waals surface area contributed by atoms with Gasteiger partial charge < -0.3 is 5.32 Å². The van der Waals surface area contributed by atoms with Crippen molar-refractivity contribution in [2.75, 3.05) is 6.54 Å². The first-order chi connectivity index (χ1) is 6.75. The molecule has 0 bridgehead atoms. The summed E-state index contributed by atoms with van der Waals surface area (Å²) in [5.74, 6) is 0. The molecule has 1 heterocycles. The Labute approximate surface area is 90.8 Å². The molecule has 1 rings (SSSR count). The van der Waals surface area contributed by atoms with Crippen LogP contribution in [0.5, 0.6) is 0 Å². The predicted molar refractivity (Wildman–Crippen MR) is 62.8 cm³/mol. The monoisotopic (exact) mass is 212 g/mol. The van der Waals surface area contributed by atoms with Crippen LogP contribution >= 0.6 is 11.3 Å². The zero-order chi connectivity index (χ0) is 10.4. The lowest BCUT2D eigenvalue weighted by Crippen LogP contribution is -2.19. The second kappa shape index (κ2) is 6.14. The molecule has 1 N–H and O–H groups in total. The second-order valence-electron chi connectivity index (χ2n) is 3.68. The van der Waals surface area contributed by atoms with Crippen molar-refractivity contribution in [3.8, 4) is 0 Å². The van der Waals surface area contributed by atoms with E-state index in [0.29, 0.717) is 6.04 Å². The van der Waals surface area contributed by atoms with Gasteiger partial charge >= 0.3 is 0 Å². The fourth-order valence-electron chi connectivity index (χ4n) is 1.51. The van der Waals surface area contributed by atoms with Gasteiger partial charge in [-0.1, -0.05) is 19.8 Å². The van der Waals surface area contributed by atoms with Crippen LogP contribution in [-0.2, 0) is 0 Å². The van der Waals surface area contributed by atoms with Crippen molar-refractivity contribution < 1.29 is 0 Å². The van der Waals surface area contributed by atoms with Crippen LogP contribution in [0, 0.1) is 6.92 Å². The van der Waals surface area contributed by atoms with Gasteiger partial charge in [0, 0.05) is 10.9 Å². The molecule has 0 saturated carbocycles. The van der Waals surface area contributed by atoms with Crippen LogP contribution < -0.4 is 5.32 Å². The highest BCUT2D eigenvalue weighted by Crippen LogP contribution is 2.20. The first kappa shape index (κ1) is 11.7. The van der Waals surface area contributed by atoms with E-state index < -0.39 is 0 Å². The first-order valence-corrected chi connectivity index (χ1v) is 6.27. The summed E-state index contributed by atoms with van der Waals surface area (Å²) in [6.45, 7) is 7.64. The Balaban J connectivity index is 2.28. The lowest BCUT2D eigenvalue weighted by atomic mass is 10.2. The Kier molecular flexibility index (Phi) is 5.12. The highest BCUT2D eigenvalue weighted by atomic mass is 32.1. The average Bonchev–Trinajstić information content (AvgIpc) is 2.59. The number of nitrogens with one attached hydrogen (secondary N) is 1. The molecule has 1 aromatic rings. The lowest BCUT2D eigenvalue weighted by molar-refractivity contribution is 0.547. The van der Waals surface area contributed by atoms with E-state index in [2.05, 4.69) is 31.1 Å². The maximum atomic E-state index is 4.26. The van der Waals surface area contributed by atoms with Gasteiger partial charge in [0.1, 0.15) is 0 Å². The summed E-state index contributed by atoms with van der Waals surface area (Å²) in [5.41, 5.74) is 3.10. The van der Waals surface area contributed by atoms with Gasteiger partial charge in [0.15, 0.2) is 0 Å². The minimum atomic E-state index is 0.458. The molecule has 80 valence electrons. The predicted octanol–water partition coefficient (Wildman–Crippen LogP) is 3.29. The van der Waals surface area contributed by atoms with E-state index >= 15 is 0 Å². The highest BCUT2D eigenvalue weighted by molar-refractivity contribution is 7.09. The minimum Gasteiger partial charge on any atom is -0.309 e. The maximum Gasteiger partial charge on any atom is 0.0798 e. The molecule has 0 fully saturated rings. The van der Waals surface area contributed by atoms with E-state index in [1.165, 1.54) is 29.8 Å². The third-order valence-electron chi connectivity index (χ3n) is 2.41. The Morgan fingerprint density at radius 3 is 2.86 bits per heavy atom. The Hall–Kier alpha value is -0.410. The minimum absolute atomic E-state index is 0.458. The SMILES string of the molecule is CCCCCNC(C)c1scnc1C. The number of nitrogens with zero attached hydrogens (tertiary/aromatic N) is 1. The fraction of sp³-hybridized carbons (Fsp3) is 0.727. The van der Waals surface area contributed by atoms with Crippen LogP contribution in [0.25, 0.3) is 0 Å². The van der Waals surface area contributed by atoms with Gasteiger partial charge in [-0.2, -0.15) is 0 Å². The van der Waals surface area contributed by atoms with Crippen LogP contribution in [-0.4, -0.2) is 11.5 Å². The second-order valence-corrected chi connectivity index (χ2v) is 4.57. The molecule has 2 nitrogen and oxygen atoms in total. The molecule has 0 spiro atoms. The van der Waals surface area contributed by atoms with Crippen molar-refractivity contribution in [3.63, 3.8) is 0 Å². The number of hydrogen-bond donors (Lipinski definition) is 1. The number of unbranched alkanes of at least 4 members (excludes halogenated alkanes) is 2. The molecule has 1 atom stereocenters. The van der Waals surface area contributed by atoms with Gasteiger partial charge in [0.2, 0.25) is 0 Å². The zero-order valence-corrected chi connectivity index (χ0v) is 10.2. The van der Waals surface area contributed by atoms with Gasteiger partial charge in [-0.05, 0) is 26.8 Å². The van der Waals surface area contributed by atoms with Gasteiger partial charge in [0.05, 0.1) is 11.2 Å². The third-order valence-corrected chi connectivity index (χ3v) is 3.52. The Morgan fingerprint density at radius 2 is 2.29 bits per heavy atom. The summed E-state index contributed by atoms with van der Waals surface area (Å²) in [6, 6.07) is 0.458. The van der Waals surface area contributed by atoms with E-state index in [4.69, 9.17) is 0 Å². The summed E-state index contributed by atoms with van der Waals surface area (Å²) in [6.07, 6.45) is 3.88. The summed E-state index contributed by atoms with van der Waals surface area (Å²) in [4.78, 5) is 5.64. The molecule has 0 amide bonds. The molecule has 0 aromatic carbocycles. The van der Waals surface area contributed by atoms with E-state index in [-0.39, 0.29) is 0 Å². The van der Waals surface area contributed by atoms with Gasteiger partial charge in [-0.25, -0.2) is 4.98 Å². The quantitative estimate of drug-likeness (QED) is 0.732. The summed E-state index contributed by atoms with van der Waals surface area (Å²) in [5, 5.41) is 3.53. The largest absolute Gasteiger partial charge is 0.309 e. The molecule has 0 aliphatic heterocycles. The lowest BCUT2D eigenvalue weighted by Gasteiger charge is -2.12. The van der Waals surface area contributed by atoms with Gasteiger partial charge in [0.25, 0.3) is 0 Å².